The van der Waals surface area contributed by atoms with Crippen LogP contribution in [0.3, 0.4) is 0 Å². The molecule has 0 aliphatic heterocycles. The van der Waals surface area contributed by atoms with E-state index in [4.69, 9.17) is 9.47 Å². The van der Waals surface area contributed by atoms with Crippen LogP contribution in [0.25, 0.3) is 0 Å². The van der Waals surface area contributed by atoms with E-state index in [-0.39, 0.29) is 17.4 Å². The molecule has 7 heteroatoms. The third kappa shape index (κ3) is 5.24. The minimum absolute atomic E-state index is 0.202. The molecule has 0 heterocycles. The van der Waals surface area contributed by atoms with Gasteiger partial charge < -0.3 is 14.4 Å². The molecule has 140 valence electrons. The highest BCUT2D eigenvalue weighted by atomic mass is 16.6. The Hall–Kier alpha value is -3.48. The normalized spacial score (nSPS) is 12.4. The zero-order chi connectivity index (χ0) is 19.8. The van der Waals surface area contributed by atoms with Crippen LogP contribution in [0, 0.1) is 0 Å². The lowest BCUT2D eigenvalue weighted by Gasteiger charge is -2.25. The number of carbonyl (C=O) groups excluding carboxylic acids is 4. The number of benzene rings is 2. The van der Waals surface area contributed by atoms with Gasteiger partial charge in [-0.25, -0.2) is 9.59 Å². The van der Waals surface area contributed by atoms with Gasteiger partial charge in [-0.1, -0.05) is 36.4 Å². The summed E-state index contributed by atoms with van der Waals surface area (Å²) < 4.78 is 10.3. The summed E-state index contributed by atoms with van der Waals surface area (Å²) in [7, 11) is 2.87. The topological polar surface area (TPSA) is 90.0 Å². The summed E-state index contributed by atoms with van der Waals surface area (Å²) in [5, 5.41) is 0. The van der Waals surface area contributed by atoms with Crippen LogP contribution in [0.4, 0.5) is 0 Å². The number of rotatable bonds is 7. The third-order valence-corrected chi connectivity index (χ3v) is 3.61. The van der Waals surface area contributed by atoms with Crippen LogP contribution < -0.4 is 0 Å². The number of hydrogen-bond acceptors (Lipinski definition) is 6. The van der Waals surface area contributed by atoms with E-state index in [1.807, 2.05) is 0 Å². The number of ether oxygens (including phenoxy) is 2. The predicted molar refractivity (Wildman–Crippen MR) is 96.0 cm³/mol. The fourth-order valence-electron chi connectivity index (χ4n) is 2.20. The number of likely N-dealkylation sites (N-methyl/N-ethyl adjacent to an activating group) is 1. The maximum absolute atomic E-state index is 12.4. The Kier molecular flexibility index (Phi) is 6.82. The number of amides is 1. The van der Waals surface area contributed by atoms with Crippen molar-refractivity contribution in [1.82, 2.24) is 4.90 Å². The molecule has 2 aromatic rings. The highest BCUT2D eigenvalue weighted by molar-refractivity contribution is 5.95. The molecule has 0 spiro atoms. The van der Waals surface area contributed by atoms with Crippen molar-refractivity contribution < 1.29 is 28.7 Å². The van der Waals surface area contributed by atoms with E-state index >= 15 is 0 Å². The van der Waals surface area contributed by atoms with Crippen LogP contribution in [0.1, 0.15) is 20.7 Å². The predicted octanol–water partition coefficient (Wildman–Crippen LogP) is 1.72. The van der Waals surface area contributed by atoms with Crippen molar-refractivity contribution in [2.75, 3.05) is 14.1 Å². The first-order valence-corrected chi connectivity index (χ1v) is 8.12. The Labute approximate surface area is 156 Å². The minimum Gasteiger partial charge on any atom is -0.446 e. The standard InChI is InChI=1S/C20H19NO6/c1-21(2)18(23)17(27-20(25)15-11-7-4-8-12-15)16(13-22)26-19(24)14-9-5-3-6-10-14/h3-13,16-17H,1-2H3. The van der Waals surface area contributed by atoms with Gasteiger partial charge in [0.2, 0.25) is 12.2 Å². The molecule has 2 aromatic carbocycles. The Bertz CT molecular complexity index is 804. The molecule has 0 fully saturated rings. The SMILES string of the molecule is CN(C)C(=O)C(OC(=O)c1ccccc1)C(C=O)OC(=O)c1ccccc1. The molecule has 2 atom stereocenters. The van der Waals surface area contributed by atoms with Crippen molar-refractivity contribution >= 4 is 24.1 Å². The smallest absolute Gasteiger partial charge is 0.339 e. The zero-order valence-corrected chi connectivity index (χ0v) is 14.9. The van der Waals surface area contributed by atoms with Crippen molar-refractivity contribution in [3.8, 4) is 0 Å². The number of nitrogens with zero attached hydrogens (tertiary/aromatic N) is 1. The number of carbonyl (C=O) groups is 4. The quantitative estimate of drug-likeness (QED) is 0.545. The molecule has 1 amide bonds. The lowest BCUT2D eigenvalue weighted by Crippen LogP contribution is -2.47. The molecule has 0 bridgehead atoms. The van der Waals surface area contributed by atoms with E-state index in [0.717, 1.165) is 4.90 Å². The van der Waals surface area contributed by atoms with Crippen molar-refractivity contribution in [3.05, 3.63) is 71.8 Å². The van der Waals surface area contributed by atoms with Crippen LogP contribution in [-0.4, -0.2) is 55.3 Å². The van der Waals surface area contributed by atoms with E-state index in [1.54, 1.807) is 36.4 Å². The fourth-order valence-corrected chi connectivity index (χ4v) is 2.20. The Morgan fingerprint density at radius 1 is 0.815 bits per heavy atom. The second-order valence-corrected chi connectivity index (χ2v) is 5.80. The van der Waals surface area contributed by atoms with Gasteiger partial charge in [-0.15, -0.1) is 0 Å². The fraction of sp³-hybridized carbons (Fsp3) is 0.200. The molecule has 0 saturated heterocycles. The molecule has 0 aromatic heterocycles. The molecule has 0 aliphatic rings. The summed E-state index contributed by atoms with van der Waals surface area (Å²) in [6, 6.07) is 16.0. The van der Waals surface area contributed by atoms with Crippen molar-refractivity contribution in [3.63, 3.8) is 0 Å². The lowest BCUT2D eigenvalue weighted by atomic mass is 10.1. The molecule has 2 rings (SSSR count). The van der Waals surface area contributed by atoms with Gasteiger partial charge in [-0.2, -0.15) is 0 Å². The van der Waals surface area contributed by atoms with Crippen molar-refractivity contribution in [1.29, 1.82) is 0 Å². The van der Waals surface area contributed by atoms with E-state index in [9.17, 15) is 19.2 Å². The van der Waals surface area contributed by atoms with Crippen molar-refractivity contribution in [2.45, 2.75) is 12.2 Å². The third-order valence-electron chi connectivity index (χ3n) is 3.61. The molecule has 7 nitrogen and oxygen atoms in total. The first-order chi connectivity index (χ1) is 12.9. The van der Waals surface area contributed by atoms with Gasteiger partial charge in [-0.3, -0.25) is 9.59 Å². The van der Waals surface area contributed by atoms with Crippen LogP contribution in [-0.2, 0) is 19.1 Å². The average molecular weight is 369 g/mol. The molecular weight excluding hydrogens is 350 g/mol. The minimum atomic E-state index is -1.60. The second kappa shape index (κ2) is 9.28. The summed E-state index contributed by atoms with van der Waals surface area (Å²) in [4.78, 5) is 49.6. The van der Waals surface area contributed by atoms with Crippen LogP contribution in [0.15, 0.2) is 60.7 Å². The van der Waals surface area contributed by atoms with E-state index < -0.39 is 30.1 Å². The first kappa shape index (κ1) is 19.8. The van der Waals surface area contributed by atoms with Gasteiger partial charge in [0.15, 0.2) is 6.29 Å². The highest BCUT2D eigenvalue weighted by Gasteiger charge is 2.36. The number of hydrogen-bond donors (Lipinski definition) is 0. The van der Waals surface area contributed by atoms with Gasteiger partial charge in [0, 0.05) is 14.1 Å². The summed E-state index contributed by atoms with van der Waals surface area (Å²) >= 11 is 0. The molecule has 0 N–H and O–H groups in total. The van der Waals surface area contributed by atoms with Gasteiger partial charge in [0.05, 0.1) is 11.1 Å². The number of esters is 2. The van der Waals surface area contributed by atoms with E-state index in [2.05, 4.69) is 0 Å². The number of aldehydes is 1. The maximum Gasteiger partial charge on any atom is 0.339 e. The van der Waals surface area contributed by atoms with E-state index in [1.165, 1.54) is 38.4 Å². The Balaban J connectivity index is 2.22. The highest BCUT2D eigenvalue weighted by Crippen LogP contribution is 2.13. The summed E-state index contributed by atoms with van der Waals surface area (Å²) in [5.41, 5.74) is 0.405. The molecule has 0 saturated carbocycles. The monoisotopic (exact) mass is 369 g/mol. The summed E-state index contributed by atoms with van der Waals surface area (Å²) in [6.07, 6.45) is -2.91. The average Bonchev–Trinajstić information content (AvgIpc) is 2.70. The molecule has 0 radical (unpaired) electrons. The van der Waals surface area contributed by atoms with Gasteiger partial charge in [-0.05, 0) is 24.3 Å². The maximum atomic E-state index is 12.4. The van der Waals surface area contributed by atoms with Gasteiger partial charge in [0.25, 0.3) is 5.91 Å². The molecule has 2 unspecified atom stereocenters. The van der Waals surface area contributed by atoms with Crippen molar-refractivity contribution in [2.24, 2.45) is 0 Å². The van der Waals surface area contributed by atoms with Gasteiger partial charge in [0.1, 0.15) is 0 Å². The van der Waals surface area contributed by atoms with Crippen LogP contribution in [0.5, 0.6) is 0 Å². The Morgan fingerprint density at radius 2 is 1.26 bits per heavy atom. The molecular formula is C20H19NO6. The Morgan fingerprint density at radius 3 is 1.67 bits per heavy atom. The largest absolute Gasteiger partial charge is 0.446 e. The lowest BCUT2D eigenvalue weighted by molar-refractivity contribution is -0.147. The van der Waals surface area contributed by atoms with Gasteiger partial charge >= 0.3 is 11.9 Å². The van der Waals surface area contributed by atoms with Crippen LogP contribution in [0.2, 0.25) is 0 Å². The zero-order valence-electron chi connectivity index (χ0n) is 14.9. The molecule has 0 aliphatic carbocycles. The summed E-state index contributed by atoms with van der Waals surface area (Å²) in [6.45, 7) is 0. The van der Waals surface area contributed by atoms with E-state index in [0.29, 0.717) is 0 Å². The van der Waals surface area contributed by atoms with Crippen LogP contribution >= 0.6 is 0 Å². The molecule has 27 heavy (non-hydrogen) atoms. The first-order valence-electron chi connectivity index (χ1n) is 8.12. The second-order valence-electron chi connectivity index (χ2n) is 5.80. The summed E-state index contributed by atoms with van der Waals surface area (Å²) in [5.74, 6) is -2.30.